The topological polar surface area (TPSA) is 46.6 Å². The smallest absolute Gasteiger partial charge is 0.329 e. The van der Waals surface area contributed by atoms with Gasteiger partial charge in [-0.15, -0.1) is 0 Å². The Bertz CT molecular complexity index is 717. The monoisotopic (exact) mass is 329 g/mol. The predicted octanol–water partition coefficient (Wildman–Crippen LogP) is 3.52. The second-order valence-electron chi connectivity index (χ2n) is 5.46. The van der Waals surface area contributed by atoms with Gasteiger partial charge in [-0.05, 0) is 28.3 Å². The van der Waals surface area contributed by atoms with Gasteiger partial charge < -0.3 is 9.64 Å². The number of fused-ring (bicyclic) bond motifs is 1. The average molecular weight is 330 g/mol. The Morgan fingerprint density at radius 1 is 1.04 bits per heavy atom. The van der Waals surface area contributed by atoms with Crippen molar-refractivity contribution in [3.63, 3.8) is 0 Å². The molecule has 2 aromatic rings. The largest absolute Gasteiger partial charge is 0.459 e. The van der Waals surface area contributed by atoms with E-state index in [1.54, 1.807) is 0 Å². The van der Waals surface area contributed by atoms with Gasteiger partial charge in [0, 0.05) is 13.0 Å². The standard InChI is InChI=1S/C18H16ClNO3/c19-18(22)20-11-15-9-5-4-8-14(15)10-16(20)17(21)23-12-13-6-2-1-3-7-13/h1-9,16H,10-12H2. The summed E-state index contributed by atoms with van der Waals surface area (Å²) < 4.78 is 5.37. The number of rotatable bonds is 3. The lowest BCUT2D eigenvalue weighted by Crippen LogP contribution is -2.47. The first-order chi connectivity index (χ1) is 11.1. The summed E-state index contributed by atoms with van der Waals surface area (Å²) in [5, 5.41) is -0.638. The van der Waals surface area contributed by atoms with Gasteiger partial charge in [-0.1, -0.05) is 54.6 Å². The van der Waals surface area contributed by atoms with E-state index >= 15 is 0 Å². The SMILES string of the molecule is O=C(OCc1ccccc1)C1Cc2ccccc2CN1C(=O)Cl. The quantitative estimate of drug-likeness (QED) is 0.492. The number of halogens is 1. The number of carbonyl (C=O) groups is 2. The summed E-state index contributed by atoms with van der Waals surface area (Å²) in [5.74, 6) is -0.433. The van der Waals surface area contributed by atoms with Crippen LogP contribution in [0, 0.1) is 0 Å². The van der Waals surface area contributed by atoms with Gasteiger partial charge in [-0.3, -0.25) is 4.79 Å². The van der Waals surface area contributed by atoms with Crippen molar-refractivity contribution in [1.82, 2.24) is 4.90 Å². The molecule has 1 atom stereocenters. The van der Waals surface area contributed by atoms with Gasteiger partial charge in [0.25, 0.3) is 0 Å². The maximum absolute atomic E-state index is 12.4. The van der Waals surface area contributed by atoms with Gasteiger partial charge in [0.15, 0.2) is 0 Å². The highest BCUT2D eigenvalue weighted by atomic mass is 35.5. The van der Waals surface area contributed by atoms with Crippen LogP contribution in [-0.2, 0) is 29.1 Å². The highest BCUT2D eigenvalue weighted by molar-refractivity contribution is 6.63. The summed E-state index contributed by atoms with van der Waals surface area (Å²) in [6.45, 7) is 0.506. The number of carbonyl (C=O) groups excluding carboxylic acids is 2. The molecule has 0 bridgehead atoms. The highest BCUT2D eigenvalue weighted by Gasteiger charge is 2.35. The molecule has 1 aliphatic heterocycles. The maximum atomic E-state index is 12.4. The fourth-order valence-electron chi connectivity index (χ4n) is 2.74. The maximum Gasteiger partial charge on any atom is 0.329 e. The van der Waals surface area contributed by atoms with Crippen LogP contribution in [0.5, 0.6) is 0 Å². The number of esters is 1. The molecule has 5 heteroatoms. The molecule has 0 N–H and O–H groups in total. The highest BCUT2D eigenvalue weighted by Crippen LogP contribution is 2.25. The van der Waals surface area contributed by atoms with Crippen LogP contribution < -0.4 is 0 Å². The Morgan fingerprint density at radius 3 is 2.39 bits per heavy atom. The van der Waals surface area contributed by atoms with Crippen molar-refractivity contribution in [2.75, 3.05) is 0 Å². The molecule has 0 aromatic heterocycles. The van der Waals surface area contributed by atoms with Crippen molar-refractivity contribution in [3.05, 3.63) is 71.3 Å². The van der Waals surface area contributed by atoms with Crippen LogP contribution in [0.3, 0.4) is 0 Å². The van der Waals surface area contributed by atoms with Crippen molar-refractivity contribution in [1.29, 1.82) is 0 Å². The molecule has 23 heavy (non-hydrogen) atoms. The molecule has 3 rings (SSSR count). The van der Waals surface area contributed by atoms with Crippen molar-refractivity contribution >= 4 is 22.9 Å². The van der Waals surface area contributed by atoms with E-state index in [2.05, 4.69) is 0 Å². The van der Waals surface area contributed by atoms with Gasteiger partial charge in [0.2, 0.25) is 0 Å². The Labute approximate surface area is 139 Å². The molecular formula is C18H16ClNO3. The minimum atomic E-state index is -0.682. The van der Waals surface area contributed by atoms with Crippen LogP contribution in [0.2, 0.25) is 0 Å². The molecule has 0 fully saturated rings. The summed E-state index contributed by atoms with van der Waals surface area (Å²) in [6.07, 6.45) is 0.419. The van der Waals surface area contributed by atoms with Gasteiger partial charge in [0.1, 0.15) is 12.6 Å². The van der Waals surface area contributed by atoms with Crippen LogP contribution in [0.1, 0.15) is 16.7 Å². The van der Waals surface area contributed by atoms with Crippen LogP contribution in [0.25, 0.3) is 0 Å². The zero-order chi connectivity index (χ0) is 16.2. The van der Waals surface area contributed by atoms with Crippen molar-refractivity contribution in [2.24, 2.45) is 0 Å². The van der Waals surface area contributed by atoms with E-state index in [4.69, 9.17) is 16.3 Å². The van der Waals surface area contributed by atoms with Gasteiger partial charge in [-0.25, -0.2) is 4.79 Å². The van der Waals surface area contributed by atoms with E-state index in [-0.39, 0.29) is 6.61 Å². The number of hydrogen-bond acceptors (Lipinski definition) is 3. The lowest BCUT2D eigenvalue weighted by Gasteiger charge is -2.33. The van der Waals surface area contributed by atoms with Crippen LogP contribution in [0.4, 0.5) is 4.79 Å². The van der Waals surface area contributed by atoms with E-state index < -0.39 is 17.4 Å². The number of hydrogen-bond donors (Lipinski definition) is 0. The Hall–Kier alpha value is -2.33. The second-order valence-corrected chi connectivity index (χ2v) is 5.79. The molecule has 118 valence electrons. The Balaban J connectivity index is 1.74. The summed E-state index contributed by atoms with van der Waals surface area (Å²) in [4.78, 5) is 25.5. The molecule has 1 amide bonds. The average Bonchev–Trinajstić information content (AvgIpc) is 2.59. The lowest BCUT2D eigenvalue weighted by molar-refractivity contribution is -0.150. The van der Waals surface area contributed by atoms with Crippen molar-refractivity contribution < 1.29 is 14.3 Å². The molecule has 1 unspecified atom stereocenters. The fraction of sp³-hybridized carbons (Fsp3) is 0.222. The van der Waals surface area contributed by atoms with Crippen molar-refractivity contribution in [2.45, 2.75) is 25.6 Å². The predicted molar refractivity (Wildman–Crippen MR) is 87.0 cm³/mol. The second kappa shape index (κ2) is 6.84. The Morgan fingerprint density at radius 2 is 1.70 bits per heavy atom. The molecule has 1 aliphatic rings. The summed E-state index contributed by atoms with van der Waals surface area (Å²) in [7, 11) is 0. The van der Waals surface area contributed by atoms with E-state index in [1.807, 2.05) is 54.6 Å². The number of ether oxygens (including phenoxy) is 1. The van der Waals surface area contributed by atoms with E-state index in [0.29, 0.717) is 13.0 Å². The third-order valence-corrected chi connectivity index (χ3v) is 4.19. The minimum Gasteiger partial charge on any atom is -0.459 e. The molecule has 4 nitrogen and oxygen atoms in total. The molecular weight excluding hydrogens is 314 g/mol. The van der Waals surface area contributed by atoms with Gasteiger partial charge >= 0.3 is 11.3 Å². The molecule has 0 aliphatic carbocycles. The van der Waals surface area contributed by atoms with Crippen LogP contribution in [-0.4, -0.2) is 22.3 Å². The first-order valence-corrected chi connectivity index (χ1v) is 7.76. The molecule has 0 saturated heterocycles. The van der Waals surface area contributed by atoms with E-state index in [0.717, 1.165) is 16.7 Å². The summed E-state index contributed by atoms with van der Waals surface area (Å²) >= 11 is 5.66. The lowest BCUT2D eigenvalue weighted by atomic mass is 9.94. The van der Waals surface area contributed by atoms with Crippen molar-refractivity contribution in [3.8, 4) is 0 Å². The Kier molecular flexibility index (Phi) is 4.63. The van der Waals surface area contributed by atoms with Crippen LogP contribution >= 0.6 is 11.6 Å². The van der Waals surface area contributed by atoms with E-state index in [9.17, 15) is 9.59 Å². The minimum absolute atomic E-state index is 0.183. The molecule has 1 heterocycles. The third kappa shape index (κ3) is 3.54. The number of nitrogens with zero attached hydrogens (tertiary/aromatic N) is 1. The molecule has 0 saturated carbocycles. The zero-order valence-electron chi connectivity index (χ0n) is 12.4. The van der Waals surface area contributed by atoms with Gasteiger partial charge in [-0.2, -0.15) is 0 Å². The van der Waals surface area contributed by atoms with E-state index in [1.165, 1.54) is 4.90 Å². The van der Waals surface area contributed by atoms with Gasteiger partial charge in [0.05, 0.1) is 0 Å². The molecule has 2 aromatic carbocycles. The summed E-state index contributed by atoms with van der Waals surface area (Å²) in [6, 6.07) is 16.5. The summed E-state index contributed by atoms with van der Waals surface area (Å²) in [5.41, 5.74) is 2.96. The number of amides is 1. The third-order valence-electron chi connectivity index (χ3n) is 3.97. The van der Waals surface area contributed by atoms with Crippen LogP contribution in [0.15, 0.2) is 54.6 Å². The first kappa shape index (κ1) is 15.6. The fourth-order valence-corrected chi connectivity index (χ4v) is 2.92. The molecule has 0 radical (unpaired) electrons. The number of benzene rings is 2. The zero-order valence-corrected chi connectivity index (χ0v) is 13.2. The normalized spacial score (nSPS) is 16.6. The first-order valence-electron chi connectivity index (χ1n) is 7.38. The molecule has 0 spiro atoms.